The van der Waals surface area contributed by atoms with Gasteiger partial charge < -0.3 is 9.80 Å². The van der Waals surface area contributed by atoms with E-state index in [4.69, 9.17) is 0 Å². The van der Waals surface area contributed by atoms with E-state index >= 15 is 0 Å². The largest absolute Gasteiger partial charge is 0.375 e. The van der Waals surface area contributed by atoms with Crippen LogP contribution in [0, 0.1) is 11.3 Å². The summed E-state index contributed by atoms with van der Waals surface area (Å²) < 4.78 is 0. The molecule has 1 saturated carbocycles. The number of amides is 1. The highest BCUT2D eigenvalue weighted by Crippen LogP contribution is 2.22. The van der Waals surface area contributed by atoms with Gasteiger partial charge in [0.1, 0.15) is 11.6 Å². The lowest BCUT2D eigenvalue weighted by Gasteiger charge is -2.31. The van der Waals surface area contributed by atoms with Crippen LogP contribution in [0.2, 0.25) is 0 Å². The molecule has 4 heteroatoms. The van der Waals surface area contributed by atoms with Crippen molar-refractivity contribution in [2.75, 3.05) is 14.1 Å². The maximum Gasteiger partial charge on any atom is 0.265 e. The van der Waals surface area contributed by atoms with Crippen molar-refractivity contribution in [2.24, 2.45) is 0 Å². The third kappa shape index (κ3) is 4.85. The molecule has 2 rings (SSSR count). The molecule has 0 aromatic heterocycles. The first kappa shape index (κ1) is 17.1. The summed E-state index contributed by atoms with van der Waals surface area (Å²) in [6.07, 6.45) is 7.33. The van der Waals surface area contributed by atoms with Crippen LogP contribution in [0.5, 0.6) is 0 Å². The summed E-state index contributed by atoms with van der Waals surface area (Å²) in [6, 6.07) is 12.4. The van der Waals surface area contributed by atoms with Crippen molar-refractivity contribution >= 4 is 5.91 Å². The number of likely N-dealkylation sites (N-methyl/N-ethyl adjacent to an activating group) is 1. The Kier molecular flexibility index (Phi) is 6.22. The van der Waals surface area contributed by atoms with Gasteiger partial charge in [-0.15, -0.1) is 0 Å². The fourth-order valence-electron chi connectivity index (χ4n) is 3.09. The Labute approximate surface area is 139 Å². The Hall–Kier alpha value is -2.28. The Balaban J connectivity index is 2.02. The monoisotopic (exact) mass is 311 g/mol. The van der Waals surface area contributed by atoms with E-state index in [9.17, 15) is 10.1 Å². The Morgan fingerprint density at radius 2 is 1.87 bits per heavy atom. The van der Waals surface area contributed by atoms with E-state index in [0.717, 1.165) is 18.4 Å². The molecule has 0 spiro atoms. The second kappa shape index (κ2) is 8.38. The van der Waals surface area contributed by atoms with Crippen LogP contribution in [-0.4, -0.2) is 35.8 Å². The number of carbonyl (C=O) groups excluding carboxylic acids is 1. The van der Waals surface area contributed by atoms with Crippen molar-refractivity contribution in [3.8, 4) is 6.07 Å². The normalized spacial score (nSPS) is 15.8. The zero-order chi connectivity index (χ0) is 16.7. The van der Waals surface area contributed by atoms with Gasteiger partial charge in [0.2, 0.25) is 0 Å². The maximum atomic E-state index is 12.6. The van der Waals surface area contributed by atoms with E-state index in [1.807, 2.05) is 49.3 Å². The topological polar surface area (TPSA) is 47.3 Å². The molecule has 0 heterocycles. The molecular weight excluding hydrogens is 286 g/mol. The van der Waals surface area contributed by atoms with Crippen molar-refractivity contribution in [3.05, 3.63) is 47.7 Å². The molecule has 1 amide bonds. The molecule has 4 nitrogen and oxygen atoms in total. The molecule has 0 N–H and O–H groups in total. The summed E-state index contributed by atoms with van der Waals surface area (Å²) in [5, 5.41) is 9.37. The summed E-state index contributed by atoms with van der Waals surface area (Å²) in [4.78, 5) is 16.2. The molecule has 1 fully saturated rings. The first-order valence-corrected chi connectivity index (χ1v) is 8.25. The smallest absolute Gasteiger partial charge is 0.265 e. The number of hydrogen-bond donors (Lipinski definition) is 0. The van der Waals surface area contributed by atoms with Crippen LogP contribution >= 0.6 is 0 Å². The summed E-state index contributed by atoms with van der Waals surface area (Å²) in [7, 11) is 3.71. The molecule has 1 aromatic carbocycles. The fraction of sp³-hybridized carbons (Fsp3) is 0.474. The quantitative estimate of drug-likeness (QED) is 0.619. The van der Waals surface area contributed by atoms with E-state index in [1.54, 1.807) is 11.1 Å². The molecule has 23 heavy (non-hydrogen) atoms. The zero-order valence-electron chi connectivity index (χ0n) is 14.0. The first-order chi connectivity index (χ1) is 11.1. The SMILES string of the molecule is CN(/C=C(/C#N)C(=O)N(C)C1CCCCC1)Cc1ccccc1. The van der Waals surface area contributed by atoms with Gasteiger partial charge in [-0.25, -0.2) is 0 Å². The Morgan fingerprint density at radius 1 is 1.22 bits per heavy atom. The molecule has 0 aliphatic heterocycles. The van der Waals surface area contributed by atoms with Crippen LogP contribution in [0.1, 0.15) is 37.7 Å². The molecule has 1 aliphatic rings. The van der Waals surface area contributed by atoms with E-state index < -0.39 is 0 Å². The highest BCUT2D eigenvalue weighted by atomic mass is 16.2. The van der Waals surface area contributed by atoms with Crippen LogP contribution in [0.25, 0.3) is 0 Å². The summed E-state index contributed by atoms with van der Waals surface area (Å²) in [5.41, 5.74) is 1.35. The lowest BCUT2D eigenvalue weighted by Crippen LogP contribution is -2.39. The zero-order valence-corrected chi connectivity index (χ0v) is 14.0. The number of benzene rings is 1. The van der Waals surface area contributed by atoms with Crippen LogP contribution in [0.3, 0.4) is 0 Å². The predicted octanol–water partition coefficient (Wildman–Crippen LogP) is 3.32. The highest BCUT2D eigenvalue weighted by molar-refractivity contribution is 5.97. The Bertz CT molecular complexity index is 582. The van der Waals surface area contributed by atoms with Gasteiger partial charge in [-0.1, -0.05) is 49.6 Å². The summed E-state index contributed by atoms with van der Waals surface area (Å²) in [6.45, 7) is 0.673. The van der Waals surface area contributed by atoms with Gasteiger partial charge in [0.25, 0.3) is 5.91 Å². The standard InChI is InChI=1S/C19H25N3O/c1-21(14-16-9-5-3-6-10-16)15-17(13-20)19(23)22(2)18-11-7-4-8-12-18/h3,5-6,9-10,15,18H,4,7-8,11-12,14H2,1-2H3/b17-15-. The van der Waals surface area contributed by atoms with E-state index in [2.05, 4.69) is 6.07 Å². The molecule has 122 valence electrons. The van der Waals surface area contributed by atoms with Gasteiger partial charge in [-0.2, -0.15) is 5.26 Å². The van der Waals surface area contributed by atoms with Crippen molar-refractivity contribution in [1.82, 2.24) is 9.80 Å². The minimum atomic E-state index is -0.167. The molecule has 0 atom stereocenters. The van der Waals surface area contributed by atoms with Gasteiger partial charge in [-0.05, 0) is 18.4 Å². The van der Waals surface area contributed by atoms with Gasteiger partial charge in [0.15, 0.2) is 0 Å². The van der Waals surface area contributed by atoms with E-state index in [1.165, 1.54) is 19.3 Å². The van der Waals surface area contributed by atoms with Crippen molar-refractivity contribution in [1.29, 1.82) is 5.26 Å². The van der Waals surface area contributed by atoms with Crippen molar-refractivity contribution < 1.29 is 4.79 Å². The summed E-state index contributed by atoms with van der Waals surface area (Å²) >= 11 is 0. The Morgan fingerprint density at radius 3 is 2.48 bits per heavy atom. The number of carbonyl (C=O) groups is 1. The number of rotatable bonds is 5. The van der Waals surface area contributed by atoms with Crippen LogP contribution in [-0.2, 0) is 11.3 Å². The molecule has 1 aliphatic carbocycles. The molecule has 0 radical (unpaired) electrons. The molecule has 0 saturated heterocycles. The highest BCUT2D eigenvalue weighted by Gasteiger charge is 2.24. The lowest BCUT2D eigenvalue weighted by atomic mass is 9.94. The summed E-state index contributed by atoms with van der Waals surface area (Å²) in [5.74, 6) is -0.167. The second-order valence-corrected chi connectivity index (χ2v) is 6.26. The molecule has 0 unspecified atom stereocenters. The van der Waals surface area contributed by atoms with Crippen LogP contribution < -0.4 is 0 Å². The average Bonchev–Trinajstić information content (AvgIpc) is 2.60. The van der Waals surface area contributed by atoms with Crippen LogP contribution in [0.4, 0.5) is 0 Å². The predicted molar refractivity (Wildman–Crippen MR) is 91.2 cm³/mol. The minimum Gasteiger partial charge on any atom is -0.375 e. The average molecular weight is 311 g/mol. The van der Waals surface area contributed by atoms with Crippen molar-refractivity contribution in [3.63, 3.8) is 0 Å². The van der Waals surface area contributed by atoms with E-state index in [0.29, 0.717) is 6.54 Å². The third-order valence-electron chi connectivity index (χ3n) is 4.42. The third-order valence-corrected chi connectivity index (χ3v) is 4.42. The molecule has 0 bridgehead atoms. The van der Waals surface area contributed by atoms with Crippen molar-refractivity contribution in [2.45, 2.75) is 44.7 Å². The van der Waals surface area contributed by atoms with Gasteiger partial charge in [0, 0.05) is 32.9 Å². The second-order valence-electron chi connectivity index (χ2n) is 6.26. The number of hydrogen-bond acceptors (Lipinski definition) is 3. The van der Waals surface area contributed by atoms with Gasteiger partial charge in [0.05, 0.1) is 0 Å². The van der Waals surface area contributed by atoms with E-state index in [-0.39, 0.29) is 17.5 Å². The maximum absolute atomic E-state index is 12.6. The van der Waals surface area contributed by atoms with Crippen LogP contribution in [0.15, 0.2) is 42.1 Å². The minimum absolute atomic E-state index is 0.167. The number of nitriles is 1. The fourth-order valence-corrected chi connectivity index (χ4v) is 3.09. The van der Waals surface area contributed by atoms with Gasteiger partial charge in [-0.3, -0.25) is 4.79 Å². The van der Waals surface area contributed by atoms with Gasteiger partial charge >= 0.3 is 0 Å². The first-order valence-electron chi connectivity index (χ1n) is 8.25. The molecule has 1 aromatic rings. The lowest BCUT2D eigenvalue weighted by molar-refractivity contribution is -0.128. The molecular formula is C19H25N3O. The number of nitrogens with zero attached hydrogens (tertiary/aromatic N) is 3.